The third-order valence-electron chi connectivity index (χ3n) is 3.48. The molecule has 25 heavy (non-hydrogen) atoms. The molecule has 3 heterocycles. The van der Waals surface area contributed by atoms with Crippen LogP contribution in [0.3, 0.4) is 0 Å². The van der Waals surface area contributed by atoms with E-state index in [0.29, 0.717) is 0 Å². The maximum absolute atomic E-state index is 9.44. The van der Waals surface area contributed by atoms with Crippen molar-refractivity contribution in [2.75, 3.05) is 13.2 Å². The highest BCUT2D eigenvalue weighted by molar-refractivity contribution is 5.73. The maximum Gasteiger partial charge on any atom is 0.285 e. The summed E-state index contributed by atoms with van der Waals surface area (Å²) >= 11 is 0. The number of aliphatic imine (C=N–C) groups is 1. The third kappa shape index (κ3) is 5.36. The van der Waals surface area contributed by atoms with E-state index in [1.807, 2.05) is 0 Å². The summed E-state index contributed by atoms with van der Waals surface area (Å²) in [5.41, 5.74) is 9.40. The van der Waals surface area contributed by atoms with Crippen LogP contribution in [0.2, 0.25) is 0 Å². The van der Waals surface area contributed by atoms with Gasteiger partial charge in [-0.2, -0.15) is 10.3 Å². The van der Waals surface area contributed by atoms with E-state index in [4.69, 9.17) is 46.0 Å². The summed E-state index contributed by atoms with van der Waals surface area (Å²) in [4.78, 5) is 3.78. The molecular weight excluding hydrogens is 344 g/mol. The SMILES string of the molecule is N#CN.NC1=N[C@H]2O[C@@H](CO)[C@H](O)[C@H]2O1.OC1OC[C@H](O)[C@H](O)[C@H]1O. The second kappa shape index (κ2) is 9.65. The number of nitriles is 1. The molecule has 0 bridgehead atoms. The zero-order valence-corrected chi connectivity index (χ0v) is 13.0. The number of fused-ring (bicyclic) bond motifs is 1. The number of hydrogen-bond donors (Lipinski definition) is 8. The molecule has 0 aromatic rings. The highest BCUT2D eigenvalue weighted by Crippen LogP contribution is 2.28. The first-order chi connectivity index (χ1) is 11.8. The topological polar surface area (TPSA) is 237 Å². The van der Waals surface area contributed by atoms with Gasteiger partial charge in [-0.25, -0.2) is 0 Å². The van der Waals surface area contributed by atoms with Crippen LogP contribution in [-0.2, 0) is 14.2 Å². The first kappa shape index (κ1) is 21.3. The van der Waals surface area contributed by atoms with Gasteiger partial charge in [-0.05, 0) is 0 Å². The second-order valence-corrected chi connectivity index (χ2v) is 5.19. The first-order valence-electron chi connectivity index (χ1n) is 7.14. The molecule has 0 aromatic heterocycles. The smallest absolute Gasteiger partial charge is 0.285 e. The number of nitrogens with zero attached hydrogens (tertiary/aromatic N) is 2. The molecule has 13 nitrogen and oxygen atoms in total. The van der Waals surface area contributed by atoms with Crippen LogP contribution in [0.4, 0.5) is 0 Å². The minimum Gasteiger partial charge on any atom is -0.454 e. The van der Waals surface area contributed by atoms with E-state index in [-0.39, 0.29) is 19.2 Å². The zero-order chi connectivity index (χ0) is 19.1. The van der Waals surface area contributed by atoms with Crippen LogP contribution >= 0.6 is 0 Å². The Balaban J connectivity index is 0.000000220. The highest BCUT2D eigenvalue weighted by Gasteiger charge is 2.48. The maximum atomic E-state index is 9.44. The molecule has 1 unspecified atom stereocenters. The molecular formula is C12H22N4O9. The largest absolute Gasteiger partial charge is 0.454 e. The van der Waals surface area contributed by atoms with E-state index in [1.165, 1.54) is 6.19 Å². The summed E-state index contributed by atoms with van der Waals surface area (Å²) in [5.74, 6) is 0. The van der Waals surface area contributed by atoms with Crippen LogP contribution in [0.5, 0.6) is 0 Å². The summed E-state index contributed by atoms with van der Waals surface area (Å²) in [6.07, 6.45) is -6.56. The van der Waals surface area contributed by atoms with Crippen LogP contribution in [0, 0.1) is 11.5 Å². The van der Waals surface area contributed by atoms with Gasteiger partial charge in [-0.3, -0.25) is 0 Å². The summed E-state index contributed by atoms with van der Waals surface area (Å²) in [7, 11) is 0. The van der Waals surface area contributed by atoms with Crippen LogP contribution in [0.25, 0.3) is 0 Å². The fourth-order valence-corrected chi connectivity index (χ4v) is 2.19. The molecule has 0 radical (unpaired) electrons. The Labute approximate surface area is 142 Å². The quantitative estimate of drug-likeness (QED) is 0.160. The molecule has 3 rings (SSSR count). The molecule has 0 amide bonds. The van der Waals surface area contributed by atoms with Crippen molar-refractivity contribution >= 4 is 6.02 Å². The van der Waals surface area contributed by atoms with E-state index in [2.05, 4.69) is 15.5 Å². The van der Waals surface area contributed by atoms with E-state index in [0.717, 1.165) is 0 Å². The van der Waals surface area contributed by atoms with Gasteiger partial charge in [0.05, 0.1) is 13.2 Å². The molecule has 0 aromatic carbocycles. The average molecular weight is 366 g/mol. The Morgan fingerprint density at radius 1 is 1.16 bits per heavy atom. The van der Waals surface area contributed by atoms with Gasteiger partial charge in [-0.15, -0.1) is 0 Å². The van der Waals surface area contributed by atoms with Crippen molar-refractivity contribution in [1.29, 1.82) is 5.26 Å². The second-order valence-electron chi connectivity index (χ2n) is 5.19. The molecule has 0 saturated carbocycles. The van der Waals surface area contributed by atoms with E-state index in [9.17, 15) is 5.11 Å². The lowest BCUT2D eigenvalue weighted by Crippen LogP contribution is -2.52. The van der Waals surface area contributed by atoms with Gasteiger partial charge >= 0.3 is 0 Å². The molecule has 0 spiro atoms. The molecule has 0 aliphatic carbocycles. The molecule has 13 heteroatoms. The van der Waals surface area contributed by atoms with Crippen molar-refractivity contribution in [3.8, 4) is 6.19 Å². The van der Waals surface area contributed by atoms with Gasteiger partial charge < -0.3 is 56.3 Å². The minimum atomic E-state index is -1.41. The van der Waals surface area contributed by atoms with Crippen molar-refractivity contribution in [3.63, 3.8) is 0 Å². The molecule has 2 fully saturated rings. The van der Waals surface area contributed by atoms with E-state index < -0.39 is 49.1 Å². The normalized spacial score (nSPS) is 41.7. The van der Waals surface area contributed by atoms with Crippen LogP contribution in [0.1, 0.15) is 0 Å². The third-order valence-corrected chi connectivity index (χ3v) is 3.48. The predicted octanol–water partition coefficient (Wildman–Crippen LogP) is -5.38. The van der Waals surface area contributed by atoms with Crippen molar-refractivity contribution in [2.24, 2.45) is 16.5 Å². The van der Waals surface area contributed by atoms with Gasteiger partial charge in [0.25, 0.3) is 6.02 Å². The number of ether oxygens (including phenoxy) is 3. The number of aliphatic hydroxyl groups is 6. The fourth-order valence-electron chi connectivity index (χ4n) is 2.19. The Bertz CT molecular complexity index is 474. The minimum absolute atomic E-state index is 0.0282. The van der Waals surface area contributed by atoms with Gasteiger partial charge in [0.2, 0.25) is 0 Å². The van der Waals surface area contributed by atoms with E-state index >= 15 is 0 Å². The Morgan fingerprint density at radius 2 is 1.76 bits per heavy atom. The van der Waals surface area contributed by atoms with Crippen molar-refractivity contribution < 1.29 is 44.8 Å². The Hall–Kier alpha value is -1.76. The highest BCUT2D eigenvalue weighted by atomic mass is 16.6. The molecule has 10 N–H and O–H groups in total. The van der Waals surface area contributed by atoms with Crippen molar-refractivity contribution in [3.05, 3.63) is 0 Å². The standard InChI is InChI=1S/C6H10N2O4.C5H10O5.CH2N2/c7-6-8-5-4(12-6)3(10)2(1-9)11-5;6-2-1-10-5(9)4(8)3(2)7;2-1-3/h2-5,9-10H,1H2,(H2,7,8);2-9H,1H2;2H2/t2-,3-,4+,5-;2-,3-,4+,5?;/m00./s1. The molecule has 2 saturated heterocycles. The Morgan fingerprint density at radius 3 is 2.24 bits per heavy atom. The van der Waals surface area contributed by atoms with Gasteiger partial charge in [-0.1, -0.05) is 0 Å². The number of hydrogen-bond acceptors (Lipinski definition) is 13. The van der Waals surface area contributed by atoms with Crippen molar-refractivity contribution in [1.82, 2.24) is 0 Å². The molecule has 8 atom stereocenters. The summed E-state index contributed by atoms with van der Waals surface area (Å²) in [6.45, 7) is -0.396. The number of nitrogens with two attached hydrogens (primary N) is 2. The van der Waals surface area contributed by atoms with Gasteiger partial charge in [0.15, 0.2) is 24.8 Å². The average Bonchev–Trinajstić information content (AvgIpc) is 3.08. The number of amidine groups is 1. The van der Waals surface area contributed by atoms with Crippen molar-refractivity contribution in [2.45, 2.75) is 49.1 Å². The lowest BCUT2D eigenvalue weighted by atomic mass is 10.1. The number of aliphatic hydroxyl groups excluding tert-OH is 6. The summed E-state index contributed by atoms with van der Waals surface area (Å²) < 4.78 is 14.6. The van der Waals surface area contributed by atoms with E-state index in [1.54, 1.807) is 0 Å². The number of rotatable bonds is 1. The Kier molecular flexibility index (Phi) is 8.22. The molecule has 3 aliphatic heterocycles. The summed E-state index contributed by atoms with van der Waals surface area (Å²) in [5, 5.41) is 60.5. The summed E-state index contributed by atoms with van der Waals surface area (Å²) in [6, 6.07) is 0.0282. The van der Waals surface area contributed by atoms with Crippen LogP contribution in [-0.4, -0.2) is 99.0 Å². The first-order valence-corrected chi connectivity index (χ1v) is 7.14. The lowest BCUT2D eigenvalue weighted by molar-refractivity contribution is -0.252. The fraction of sp³-hybridized carbons (Fsp3) is 0.833. The molecule has 144 valence electrons. The van der Waals surface area contributed by atoms with Gasteiger partial charge in [0.1, 0.15) is 30.5 Å². The molecule has 3 aliphatic rings. The predicted molar refractivity (Wildman–Crippen MR) is 78.0 cm³/mol. The van der Waals surface area contributed by atoms with Gasteiger partial charge in [0, 0.05) is 0 Å². The lowest BCUT2D eigenvalue weighted by Gasteiger charge is -2.31. The zero-order valence-electron chi connectivity index (χ0n) is 13.0. The van der Waals surface area contributed by atoms with Crippen LogP contribution < -0.4 is 11.5 Å². The van der Waals surface area contributed by atoms with Crippen LogP contribution in [0.15, 0.2) is 4.99 Å². The monoisotopic (exact) mass is 366 g/mol.